The molecule has 1 amide bonds. The van der Waals surface area contributed by atoms with E-state index < -0.39 is 6.10 Å². The summed E-state index contributed by atoms with van der Waals surface area (Å²) >= 11 is 0. The number of piperidine rings is 1. The van der Waals surface area contributed by atoms with Gasteiger partial charge in [0.05, 0.1) is 43.1 Å². The van der Waals surface area contributed by atoms with E-state index >= 15 is 0 Å². The fourth-order valence-electron chi connectivity index (χ4n) is 4.96. The highest BCUT2D eigenvalue weighted by molar-refractivity contribution is 5.76. The van der Waals surface area contributed by atoms with Gasteiger partial charge in [-0.1, -0.05) is 0 Å². The molecule has 4 heterocycles. The quantitative estimate of drug-likeness (QED) is 0.589. The Balaban J connectivity index is 1.41. The maximum atomic E-state index is 12.1. The monoisotopic (exact) mass is 465 g/mol. The third-order valence-corrected chi connectivity index (χ3v) is 6.82. The van der Waals surface area contributed by atoms with E-state index in [2.05, 4.69) is 39.5 Å². The van der Waals surface area contributed by atoms with Crippen LogP contribution in [0.3, 0.4) is 0 Å². The van der Waals surface area contributed by atoms with E-state index in [0.717, 1.165) is 42.8 Å². The van der Waals surface area contributed by atoms with Crippen LogP contribution in [0.4, 0.5) is 11.6 Å². The second kappa shape index (κ2) is 9.19. The third-order valence-electron chi connectivity index (χ3n) is 6.82. The zero-order valence-electron chi connectivity index (χ0n) is 19.9. The number of benzene rings is 1. The number of rotatable bonds is 5. The number of nitrogens with one attached hydrogen (secondary N) is 1. The lowest BCUT2D eigenvalue weighted by atomic mass is 9.99. The first kappa shape index (κ1) is 22.5. The van der Waals surface area contributed by atoms with Gasteiger partial charge >= 0.3 is 0 Å². The number of fused-ring (bicyclic) bond motifs is 2. The highest BCUT2D eigenvalue weighted by atomic mass is 16.5. The van der Waals surface area contributed by atoms with E-state index in [1.54, 1.807) is 31.3 Å². The minimum Gasteiger partial charge on any atom is -0.495 e. The second-order valence-electron chi connectivity index (χ2n) is 9.29. The van der Waals surface area contributed by atoms with E-state index in [1.807, 2.05) is 4.68 Å². The van der Waals surface area contributed by atoms with Crippen LogP contribution in [-0.2, 0) is 24.3 Å². The van der Waals surface area contributed by atoms with Gasteiger partial charge in [0.1, 0.15) is 5.75 Å². The van der Waals surface area contributed by atoms with Gasteiger partial charge in [-0.05, 0) is 49.6 Å². The van der Waals surface area contributed by atoms with Gasteiger partial charge in [0.15, 0.2) is 5.65 Å². The third kappa shape index (κ3) is 4.43. The number of methoxy groups -OCH3 is 1. The van der Waals surface area contributed by atoms with Crippen molar-refractivity contribution in [1.29, 1.82) is 0 Å². The zero-order valence-corrected chi connectivity index (χ0v) is 19.9. The normalized spacial score (nSPS) is 20.9. The number of likely N-dealkylation sites (tertiary alicyclic amines) is 1. The van der Waals surface area contributed by atoms with E-state index in [-0.39, 0.29) is 11.9 Å². The average Bonchev–Trinajstić information content (AvgIpc) is 3.21. The number of anilines is 2. The maximum Gasteiger partial charge on any atom is 0.229 e. The summed E-state index contributed by atoms with van der Waals surface area (Å²) < 4.78 is 7.46. The van der Waals surface area contributed by atoms with E-state index in [0.29, 0.717) is 31.1 Å². The number of aromatic nitrogens is 4. The molecule has 0 aliphatic carbocycles. The van der Waals surface area contributed by atoms with Gasteiger partial charge in [0, 0.05) is 32.8 Å². The molecule has 0 unspecified atom stereocenters. The van der Waals surface area contributed by atoms with Crippen LogP contribution < -0.4 is 10.1 Å². The first-order chi connectivity index (χ1) is 16.4. The summed E-state index contributed by atoms with van der Waals surface area (Å²) in [5.74, 6) is 1.18. The Morgan fingerprint density at radius 3 is 2.91 bits per heavy atom. The predicted molar refractivity (Wildman–Crippen MR) is 128 cm³/mol. The fraction of sp³-hybridized carbons (Fsp3) is 0.500. The molecule has 0 radical (unpaired) electrons. The molecule has 1 fully saturated rings. The Morgan fingerprint density at radius 1 is 1.26 bits per heavy atom. The minimum absolute atomic E-state index is 0.0342. The highest BCUT2D eigenvalue weighted by Gasteiger charge is 2.30. The van der Waals surface area contributed by atoms with Gasteiger partial charge in [0.2, 0.25) is 11.9 Å². The van der Waals surface area contributed by atoms with Crippen molar-refractivity contribution in [3.8, 4) is 5.75 Å². The first-order valence-corrected chi connectivity index (χ1v) is 11.7. The Labute approximate surface area is 198 Å². The number of hydrogen-bond acceptors (Lipinski definition) is 8. The number of hydrogen-bond donors (Lipinski definition) is 2. The zero-order chi connectivity index (χ0) is 23.8. The second-order valence-corrected chi connectivity index (χ2v) is 9.29. The molecule has 10 nitrogen and oxygen atoms in total. The lowest BCUT2D eigenvalue weighted by molar-refractivity contribution is -0.135. The Morgan fingerprint density at radius 2 is 2.12 bits per heavy atom. The lowest BCUT2D eigenvalue weighted by Crippen LogP contribution is -2.49. The summed E-state index contributed by atoms with van der Waals surface area (Å²) in [6.07, 6.45) is 5.41. The van der Waals surface area contributed by atoms with Crippen molar-refractivity contribution in [2.45, 2.75) is 51.4 Å². The average molecular weight is 466 g/mol. The minimum atomic E-state index is -0.473. The van der Waals surface area contributed by atoms with Crippen molar-refractivity contribution in [3.63, 3.8) is 0 Å². The molecule has 34 heavy (non-hydrogen) atoms. The highest BCUT2D eigenvalue weighted by Crippen LogP contribution is 2.33. The van der Waals surface area contributed by atoms with Gasteiger partial charge in [-0.15, -0.1) is 0 Å². The van der Waals surface area contributed by atoms with Crippen LogP contribution in [0.15, 0.2) is 24.5 Å². The number of aliphatic hydroxyl groups is 1. The molecule has 0 saturated carbocycles. The summed E-state index contributed by atoms with van der Waals surface area (Å²) in [6.45, 7) is 4.34. The van der Waals surface area contributed by atoms with Gasteiger partial charge in [0.25, 0.3) is 0 Å². The van der Waals surface area contributed by atoms with E-state index in [4.69, 9.17) is 9.72 Å². The molecule has 10 heteroatoms. The smallest absolute Gasteiger partial charge is 0.229 e. The number of carbonyl (C=O) groups excluding carboxylic acids is 1. The Kier molecular flexibility index (Phi) is 6.09. The number of nitrogens with zero attached hydrogens (tertiary/aromatic N) is 6. The fourth-order valence-corrected chi connectivity index (χ4v) is 4.96. The van der Waals surface area contributed by atoms with Crippen LogP contribution in [0.5, 0.6) is 5.75 Å². The topological polar surface area (TPSA) is 109 Å². The molecule has 0 spiro atoms. The molecule has 2 aromatic heterocycles. The number of β-amino-alcohol motifs (C(OH)–C–C–N with tert-alkyl or cyclic N) is 1. The maximum absolute atomic E-state index is 12.1. The number of likely N-dealkylation sites (N-methyl/N-ethyl adjacent to an activating group) is 1. The largest absolute Gasteiger partial charge is 0.495 e. The van der Waals surface area contributed by atoms with Crippen molar-refractivity contribution in [2.24, 2.45) is 0 Å². The number of amides is 1. The standard InChI is InChI=1S/C24H31N7O3/c1-15(32)30-14-20(33)5-4-19(30)13-31-23-18(11-26-31)10-25-24(28-23)27-21-8-17-12-29(2)7-6-16(17)9-22(21)34-3/h8-11,19-20,33H,4-7,12-14H2,1-3H3,(H,25,27,28)/t19-,20-/m0/s1. The molecule has 5 rings (SSSR count). The molecule has 2 aliphatic rings. The van der Waals surface area contributed by atoms with Crippen molar-refractivity contribution >= 4 is 28.6 Å². The number of ether oxygens (including phenoxy) is 1. The number of carbonyl (C=O) groups is 1. The van der Waals surface area contributed by atoms with Crippen molar-refractivity contribution in [3.05, 3.63) is 35.7 Å². The van der Waals surface area contributed by atoms with Crippen LogP contribution >= 0.6 is 0 Å². The van der Waals surface area contributed by atoms with Gasteiger partial charge < -0.3 is 25.0 Å². The van der Waals surface area contributed by atoms with E-state index in [1.165, 1.54) is 11.1 Å². The summed E-state index contributed by atoms with van der Waals surface area (Å²) in [7, 11) is 3.79. The molecule has 0 bridgehead atoms. The molecular formula is C24H31N7O3. The molecule has 2 atom stereocenters. The first-order valence-electron chi connectivity index (χ1n) is 11.7. The summed E-state index contributed by atoms with van der Waals surface area (Å²) in [6, 6.07) is 4.18. The summed E-state index contributed by atoms with van der Waals surface area (Å²) in [5, 5.41) is 18.7. The lowest BCUT2D eigenvalue weighted by Gasteiger charge is -2.37. The van der Waals surface area contributed by atoms with Gasteiger partial charge in [-0.25, -0.2) is 9.67 Å². The van der Waals surface area contributed by atoms with E-state index in [9.17, 15) is 9.90 Å². The molecule has 2 aliphatic heterocycles. The Bertz CT molecular complexity index is 1210. The molecule has 180 valence electrons. The summed E-state index contributed by atoms with van der Waals surface area (Å²) in [4.78, 5) is 25.4. The summed E-state index contributed by atoms with van der Waals surface area (Å²) in [5.41, 5.74) is 4.10. The van der Waals surface area contributed by atoms with Gasteiger partial charge in [-0.2, -0.15) is 10.1 Å². The van der Waals surface area contributed by atoms with Crippen LogP contribution in [0.25, 0.3) is 11.0 Å². The Hall–Kier alpha value is -3.24. The SMILES string of the molecule is COc1cc2c(cc1Nc1ncc3cnn(C[C@@H]4CC[C@H](O)CN4C(C)=O)c3n1)CN(C)CC2. The van der Waals surface area contributed by atoms with Crippen LogP contribution in [0.1, 0.15) is 30.9 Å². The van der Waals surface area contributed by atoms with Crippen molar-refractivity contribution in [1.82, 2.24) is 29.5 Å². The van der Waals surface area contributed by atoms with Crippen LogP contribution in [-0.4, -0.2) is 80.0 Å². The molecule has 3 aromatic rings. The van der Waals surface area contributed by atoms with Crippen LogP contribution in [0, 0.1) is 0 Å². The number of aliphatic hydroxyl groups excluding tert-OH is 1. The van der Waals surface area contributed by atoms with Gasteiger partial charge in [-0.3, -0.25) is 4.79 Å². The van der Waals surface area contributed by atoms with Crippen molar-refractivity contribution in [2.75, 3.05) is 32.6 Å². The molecule has 1 aromatic carbocycles. The van der Waals surface area contributed by atoms with Crippen molar-refractivity contribution < 1.29 is 14.6 Å². The predicted octanol–water partition coefficient (Wildman–Crippen LogP) is 1.94. The molecule has 1 saturated heterocycles. The molecule has 2 N–H and O–H groups in total. The molecular weight excluding hydrogens is 434 g/mol. The van der Waals surface area contributed by atoms with Crippen LogP contribution in [0.2, 0.25) is 0 Å².